The highest BCUT2D eigenvalue weighted by molar-refractivity contribution is 6.46. The molecule has 0 aliphatic carbocycles. The number of hydrogen-bond donors (Lipinski definition) is 2. The summed E-state index contributed by atoms with van der Waals surface area (Å²) in [6, 6.07) is 10.8. The van der Waals surface area contributed by atoms with Crippen molar-refractivity contribution in [1.29, 1.82) is 0 Å². The molecule has 34 heavy (non-hydrogen) atoms. The number of fused-ring (bicyclic) bond motifs is 1. The molecule has 1 unspecified atom stereocenters. The highest BCUT2D eigenvalue weighted by Crippen LogP contribution is 2.41. The van der Waals surface area contributed by atoms with E-state index in [0.29, 0.717) is 49.6 Å². The van der Waals surface area contributed by atoms with Crippen molar-refractivity contribution >= 4 is 23.1 Å². The van der Waals surface area contributed by atoms with Gasteiger partial charge in [0.2, 0.25) is 0 Å². The van der Waals surface area contributed by atoms with Crippen molar-refractivity contribution < 1.29 is 29.3 Å². The van der Waals surface area contributed by atoms with Gasteiger partial charge >= 0.3 is 0 Å². The van der Waals surface area contributed by atoms with Gasteiger partial charge in [-0.2, -0.15) is 0 Å². The second kappa shape index (κ2) is 9.77. The summed E-state index contributed by atoms with van der Waals surface area (Å²) >= 11 is 0. The largest absolute Gasteiger partial charge is 0.508 e. The molecule has 2 aliphatic rings. The van der Waals surface area contributed by atoms with Crippen LogP contribution < -0.4 is 9.64 Å². The van der Waals surface area contributed by atoms with Gasteiger partial charge in [-0.3, -0.25) is 9.59 Å². The first-order valence-electron chi connectivity index (χ1n) is 11.4. The molecule has 0 aromatic heterocycles. The van der Waals surface area contributed by atoms with Crippen molar-refractivity contribution in [2.24, 2.45) is 0 Å². The molecule has 4 rings (SSSR count). The van der Waals surface area contributed by atoms with Gasteiger partial charge in [-0.05, 0) is 56.2 Å². The second-order valence-corrected chi connectivity index (χ2v) is 8.81. The summed E-state index contributed by atoms with van der Waals surface area (Å²) < 4.78 is 11.3. The topological polar surface area (TPSA) is 99.5 Å². The number of phenols is 1. The van der Waals surface area contributed by atoms with E-state index in [9.17, 15) is 19.8 Å². The molecule has 1 saturated heterocycles. The summed E-state index contributed by atoms with van der Waals surface area (Å²) in [5.74, 6) is -0.862. The molecule has 1 amide bonds. The number of Topliss-reactive ketones (excluding diaryl/α,β-unsaturated/α-hetero) is 1. The fourth-order valence-electron chi connectivity index (χ4n) is 4.32. The molecule has 180 valence electrons. The Kier molecular flexibility index (Phi) is 6.79. The number of likely N-dealkylation sites (tertiary alicyclic amines) is 1. The maximum absolute atomic E-state index is 13.2. The van der Waals surface area contributed by atoms with Crippen molar-refractivity contribution in [3.8, 4) is 11.5 Å². The number of hydrogen-bond acceptors (Lipinski definition) is 7. The fraction of sp³-hybridized carbons (Fsp3) is 0.385. The molecular weight excluding hydrogens is 436 g/mol. The molecular formula is C26H30N2O6. The highest BCUT2D eigenvalue weighted by Gasteiger charge is 2.45. The number of anilines is 1. The maximum Gasteiger partial charge on any atom is 0.295 e. The van der Waals surface area contributed by atoms with Crippen LogP contribution in [-0.2, 0) is 14.3 Å². The Hall–Kier alpha value is -3.52. The molecule has 8 heteroatoms. The van der Waals surface area contributed by atoms with E-state index in [-0.39, 0.29) is 23.2 Å². The number of nitrogens with zero attached hydrogens (tertiary/aromatic N) is 2. The van der Waals surface area contributed by atoms with Crippen LogP contribution in [0.1, 0.15) is 37.4 Å². The van der Waals surface area contributed by atoms with Gasteiger partial charge in [-0.1, -0.05) is 12.1 Å². The van der Waals surface area contributed by atoms with Crippen LogP contribution >= 0.6 is 0 Å². The SMILES string of the molecule is CC(C)OCCCN1C(=O)C(=O)/C(=C(\O)c2ccc3c(c2)N(C)CCO3)C1c1ccc(O)cc1. The normalized spacial score (nSPS) is 19.5. The van der Waals surface area contributed by atoms with E-state index in [4.69, 9.17) is 9.47 Å². The third-order valence-electron chi connectivity index (χ3n) is 6.07. The minimum atomic E-state index is -0.773. The zero-order chi connectivity index (χ0) is 24.4. The predicted molar refractivity (Wildman–Crippen MR) is 128 cm³/mol. The molecule has 1 fully saturated rings. The van der Waals surface area contributed by atoms with Crippen LogP contribution in [0.5, 0.6) is 11.5 Å². The first-order valence-corrected chi connectivity index (χ1v) is 11.4. The van der Waals surface area contributed by atoms with Crippen molar-refractivity contribution in [3.63, 3.8) is 0 Å². The number of phenolic OH excluding ortho intramolecular Hbond substituents is 1. The first-order chi connectivity index (χ1) is 16.3. The van der Waals surface area contributed by atoms with Crippen LogP contribution in [0.2, 0.25) is 0 Å². The molecule has 2 N–H and O–H groups in total. The van der Waals surface area contributed by atoms with E-state index in [1.807, 2.05) is 25.8 Å². The van der Waals surface area contributed by atoms with Crippen molar-refractivity contribution in [3.05, 3.63) is 59.2 Å². The van der Waals surface area contributed by atoms with E-state index >= 15 is 0 Å². The van der Waals surface area contributed by atoms with Crippen LogP contribution in [0.3, 0.4) is 0 Å². The number of ether oxygens (including phenoxy) is 2. The molecule has 0 radical (unpaired) electrons. The summed E-state index contributed by atoms with van der Waals surface area (Å²) in [7, 11) is 1.93. The van der Waals surface area contributed by atoms with Gasteiger partial charge in [0.25, 0.3) is 11.7 Å². The molecule has 2 aromatic carbocycles. The van der Waals surface area contributed by atoms with Gasteiger partial charge in [0, 0.05) is 25.8 Å². The number of carbonyl (C=O) groups excluding carboxylic acids is 2. The lowest BCUT2D eigenvalue weighted by Crippen LogP contribution is -2.31. The van der Waals surface area contributed by atoms with Crippen molar-refractivity contribution in [2.45, 2.75) is 32.4 Å². The van der Waals surface area contributed by atoms with Gasteiger partial charge < -0.3 is 29.5 Å². The Morgan fingerprint density at radius 1 is 1.18 bits per heavy atom. The lowest BCUT2D eigenvalue weighted by Gasteiger charge is -2.28. The molecule has 0 spiro atoms. The molecule has 8 nitrogen and oxygen atoms in total. The number of benzene rings is 2. The maximum atomic E-state index is 13.2. The Morgan fingerprint density at radius 2 is 1.91 bits per heavy atom. The number of aliphatic hydroxyl groups excluding tert-OH is 1. The number of aromatic hydroxyl groups is 1. The monoisotopic (exact) mass is 466 g/mol. The number of aliphatic hydroxyl groups is 1. The van der Waals surface area contributed by atoms with Crippen molar-refractivity contribution in [1.82, 2.24) is 4.90 Å². The summed E-state index contributed by atoms with van der Waals surface area (Å²) in [6.45, 7) is 5.88. The number of likely N-dealkylation sites (N-methyl/N-ethyl adjacent to an activating group) is 1. The molecule has 1 atom stereocenters. The zero-order valence-corrected chi connectivity index (χ0v) is 19.7. The lowest BCUT2D eigenvalue weighted by atomic mass is 9.95. The summed E-state index contributed by atoms with van der Waals surface area (Å²) in [6.07, 6.45) is 0.607. The van der Waals surface area contributed by atoms with Gasteiger partial charge in [0.1, 0.15) is 23.9 Å². The third-order valence-corrected chi connectivity index (χ3v) is 6.07. The molecule has 2 aliphatic heterocycles. The molecule has 2 aromatic rings. The molecule has 0 bridgehead atoms. The fourth-order valence-corrected chi connectivity index (χ4v) is 4.32. The molecule has 2 heterocycles. The first kappa shape index (κ1) is 23.6. The average molecular weight is 467 g/mol. The number of carbonyl (C=O) groups is 2. The number of amides is 1. The standard InChI is InChI=1S/C26H30N2O6/c1-16(2)33-13-4-11-28-23(17-5-8-19(29)9-6-17)22(25(31)26(28)32)24(30)18-7-10-21-20(15-18)27(3)12-14-34-21/h5-10,15-16,23,29-30H,4,11-14H2,1-3H3/b24-22-. The van der Waals surface area contributed by atoms with Gasteiger partial charge in [0.15, 0.2) is 0 Å². The predicted octanol–water partition coefficient (Wildman–Crippen LogP) is 3.46. The van der Waals surface area contributed by atoms with E-state index in [2.05, 4.69) is 0 Å². The van der Waals surface area contributed by atoms with E-state index in [1.54, 1.807) is 30.3 Å². The van der Waals surface area contributed by atoms with Crippen LogP contribution in [0, 0.1) is 0 Å². The van der Waals surface area contributed by atoms with E-state index in [1.165, 1.54) is 17.0 Å². The van der Waals surface area contributed by atoms with E-state index in [0.717, 1.165) is 5.69 Å². The Balaban J connectivity index is 1.75. The Bertz CT molecular complexity index is 1110. The van der Waals surface area contributed by atoms with E-state index < -0.39 is 17.7 Å². The Labute approximate surface area is 199 Å². The lowest BCUT2D eigenvalue weighted by molar-refractivity contribution is -0.140. The third kappa shape index (κ3) is 4.59. The average Bonchev–Trinajstić information content (AvgIpc) is 3.07. The smallest absolute Gasteiger partial charge is 0.295 e. The summed E-state index contributed by atoms with van der Waals surface area (Å²) in [4.78, 5) is 29.7. The highest BCUT2D eigenvalue weighted by atomic mass is 16.5. The van der Waals surface area contributed by atoms with Gasteiger partial charge in [-0.25, -0.2) is 0 Å². The van der Waals surface area contributed by atoms with Gasteiger partial charge in [0.05, 0.1) is 30.0 Å². The molecule has 0 saturated carbocycles. The van der Waals surface area contributed by atoms with Crippen LogP contribution in [0.4, 0.5) is 5.69 Å². The van der Waals surface area contributed by atoms with Crippen LogP contribution in [0.25, 0.3) is 5.76 Å². The quantitative estimate of drug-likeness (QED) is 0.279. The number of ketones is 1. The van der Waals surface area contributed by atoms with Crippen LogP contribution in [0.15, 0.2) is 48.0 Å². The number of rotatable bonds is 7. The minimum absolute atomic E-state index is 0.0276. The van der Waals surface area contributed by atoms with Crippen LogP contribution in [-0.4, -0.2) is 66.3 Å². The Morgan fingerprint density at radius 3 is 2.62 bits per heavy atom. The summed E-state index contributed by atoms with van der Waals surface area (Å²) in [5, 5.41) is 21.0. The minimum Gasteiger partial charge on any atom is -0.508 e. The second-order valence-electron chi connectivity index (χ2n) is 8.81. The summed E-state index contributed by atoms with van der Waals surface area (Å²) in [5.41, 5.74) is 1.89. The van der Waals surface area contributed by atoms with Gasteiger partial charge in [-0.15, -0.1) is 0 Å². The zero-order valence-electron chi connectivity index (χ0n) is 19.7. The van der Waals surface area contributed by atoms with Crippen molar-refractivity contribution in [2.75, 3.05) is 38.3 Å².